The van der Waals surface area contributed by atoms with Crippen molar-refractivity contribution in [1.29, 1.82) is 0 Å². The number of anilines is 1. The van der Waals surface area contributed by atoms with Gasteiger partial charge < -0.3 is 20.8 Å². The molecule has 0 aromatic heterocycles. The molecule has 0 spiro atoms. The van der Waals surface area contributed by atoms with Gasteiger partial charge in [-0.15, -0.1) is 0 Å². The number of carboxylic acid groups (broad SMARTS) is 1. The summed E-state index contributed by atoms with van der Waals surface area (Å²) in [4.78, 5) is 22.5. The monoisotopic (exact) mass is 314 g/mol. The smallest absolute Gasteiger partial charge is 0.330 e. The zero-order chi connectivity index (χ0) is 16.8. The van der Waals surface area contributed by atoms with E-state index in [-0.39, 0.29) is 17.4 Å². The molecule has 0 aliphatic heterocycles. The minimum absolute atomic E-state index is 0.154. The van der Waals surface area contributed by atoms with Crippen LogP contribution < -0.4 is 10.6 Å². The van der Waals surface area contributed by atoms with Crippen LogP contribution in [0.15, 0.2) is 48.0 Å². The van der Waals surface area contributed by atoms with E-state index in [9.17, 15) is 14.7 Å². The molecule has 2 aromatic rings. The second kappa shape index (κ2) is 7.31. The Morgan fingerprint density at radius 1 is 1.13 bits per heavy atom. The zero-order valence-corrected chi connectivity index (χ0v) is 12.7. The van der Waals surface area contributed by atoms with Crippen LogP contribution in [0.1, 0.15) is 13.3 Å². The number of phenols is 1. The number of benzene rings is 2. The first-order valence-electron chi connectivity index (χ1n) is 7.14. The first-order valence-corrected chi connectivity index (χ1v) is 7.14. The lowest BCUT2D eigenvalue weighted by Gasteiger charge is -2.10. The molecule has 0 saturated heterocycles. The molecule has 23 heavy (non-hydrogen) atoms. The Bertz CT molecular complexity index is 768. The van der Waals surface area contributed by atoms with Crippen LogP contribution in [0.4, 0.5) is 10.5 Å². The van der Waals surface area contributed by atoms with E-state index in [0.29, 0.717) is 24.0 Å². The number of carbonyl (C=O) groups is 2. The Labute approximate surface area is 133 Å². The van der Waals surface area contributed by atoms with Crippen molar-refractivity contribution in [1.82, 2.24) is 5.32 Å². The maximum absolute atomic E-state index is 11.9. The summed E-state index contributed by atoms with van der Waals surface area (Å²) < 4.78 is 0. The van der Waals surface area contributed by atoms with E-state index in [1.165, 1.54) is 6.92 Å². The van der Waals surface area contributed by atoms with Crippen molar-refractivity contribution in [3.63, 3.8) is 0 Å². The lowest BCUT2D eigenvalue weighted by atomic mass is 10.1. The van der Waals surface area contributed by atoms with Crippen LogP contribution in [0.25, 0.3) is 10.8 Å². The maximum Gasteiger partial charge on any atom is 0.330 e. The second-order valence-corrected chi connectivity index (χ2v) is 5.04. The highest BCUT2D eigenvalue weighted by Crippen LogP contribution is 2.29. The molecule has 0 fully saturated rings. The summed E-state index contributed by atoms with van der Waals surface area (Å²) in [5, 5.41) is 25.3. The first kappa shape index (κ1) is 16.4. The Hall–Kier alpha value is -3.02. The van der Waals surface area contributed by atoms with Crippen molar-refractivity contribution in [2.75, 3.05) is 11.9 Å². The van der Waals surface area contributed by atoms with Gasteiger partial charge in [0.1, 0.15) is 5.75 Å². The van der Waals surface area contributed by atoms with Crippen LogP contribution in [0.3, 0.4) is 0 Å². The maximum atomic E-state index is 11.9. The number of hydrogen-bond acceptors (Lipinski definition) is 3. The summed E-state index contributed by atoms with van der Waals surface area (Å²) in [7, 11) is 0. The second-order valence-electron chi connectivity index (χ2n) is 5.04. The molecule has 6 heteroatoms. The van der Waals surface area contributed by atoms with Gasteiger partial charge in [-0.1, -0.05) is 30.3 Å². The summed E-state index contributed by atoms with van der Waals surface area (Å²) in [5.41, 5.74) is 0.838. The number of amides is 2. The van der Waals surface area contributed by atoms with Crippen LogP contribution in [0.2, 0.25) is 0 Å². The number of nitrogens with one attached hydrogen (secondary N) is 2. The lowest BCUT2D eigenvalue weighted by Crippen LogP contribution is -2.29. The molecular formula is C17H18N2O4. The number of hydrogen-bond donors (Lipinski definition) is 4. The van der Waals surface area contributed by atoms with Gasteiger partial charge in [0.15, 0.2) is 0 Å². The molecule has 0 atom stereocenters. The van der Waals surface area contributed by atoms with Crippen LogP contribution in [-0.4, -0.2) is 28.8 Å². The fraction of sp³-hybridized carbons (Fsp3) is 0.176. The molecule has 0 saturated carbocycles. The van der Waals surface area contributed by atoms with Crippen molar-refractivity contribution >= 4 is 28.5 Å². The zero-order valence-electron chi connectivity index (χ0n) is 12.7. The van der Waals surface area contributed by atoms with Crippen LogP contribution in [0, 0.1) is 0 Å². The average Bonchev–Trinajstić information content (AvgIpc) is 2.52. The van der Waals surface area contributed by atoms with E-state index in [4.69, 9.17) is 5.11 Å². The standard InChI is InChI=1S/C17H18N2O4/c1-11(16(21)22)5-4-10-18-17(23)19-14-8-2-7-13-12(14)6-3-9-15(13)20/h2-3,5-9,20H,4,10H2,1H3,(H,21,22)(H2,18,19,23). The molecule has 0 aliphatic carbocycles. The third-order valence-electron chi connectivity index (χ3n) is 3.37. The Balaban J connectivity index is 1.97. The van der Waals surface area contributed by atoms with E-state index < -0.39 is 5.97 Å². The van der Waals surface area contributed by atoms with E-state index in [2.05, 4.69) is 10.6 Å². The highest BCUT2D eigenvalue weighted by molar-refractivity contribution is 6.03. The molecule has 0 radical (unpaired) electrons. The summed E-state index contributed by atoms with van der Waals surface area (Å²) >= 11 is 0. The topological polar surface area (TPSA) is 98.7 Å². The molecule has 4 N–H and O–H groups in total. The van der Waals surface area contributed by atoms with Gasteiger partial charge in [-0.25, -0.2) is 9.59 Å². The highest BCUT2D eigenvalue weighted by Gasteiger charge is 2.07. The summed E-state index contributed by atoms with van der Waals surface area (Å²) in [6, 6.07) is 9.98. The van der Waals surface area contributed by atoms with Gasteiger partial charge in [-0.3, -0.25) is 0 Å². The molecule has 0 unspecified atom stereocenters. The number of carbonyl (C=O) groups excluding carboxylic acids is 1. The normalized spacial score (nSPS) is 11.3. The SMILES string of the molecule is CC(=CCCNC(=O)Nc1cccc2c(O)cccc12)C(=O)O. The highest BCUT2D eigenvalue weighted by atomic mass is 16.4. The number of rotatable bonds is 5. The number of urea groups is 1. The van der Waals surface area contributed by atoms with Gasteiger partial charge in [-0.2, -0.15) is 0 Å². The Morgan fingerprint density at radius 2 is 1.83 bits per heavy atom. The minimum Gasteiger partial charge on any atom is -0.507 e. The van der Waals surface area contributed by atoms with Gasteiger partial charge in [0, 0.05) is 22.9 Å². The fourth-order valence-corrected chi connectivity index (χ4v) is 2.13. The quantitative estimate of drug-likeness (QED) is 0.503. The molecule has 0 bridgehead atoms. The van der Waals surface area contributed by atoms with Crippen molar-refractivity contribution in [3.8, 4) is 5.75 Å². The van der Waals surface area contributed by atoms with E-state index in [0.717, 1.165) is 5.39 Å². The van der Waals surface area contributed by atoms with Gasteiger partial charge in [0.2, 0.25) is 0 Å². The fourth-order valence-electron chi connectivity index (χ4n) is 2.13. The molecule has 120 valence electrons. The number of aliphatic carboxylic acids is 1. The van der Waals surface area contributed by atoms with Gasteiger partial charge in [0.25, 0.3) is 0 Å². The summed E-state index contributed by atoms with van der Waals surface area (Å²) in [6.45, 7) is 1.83. The summed E-state index contributed by atoms with van der Waals surface area (Å²) in [5.74, 6) is -0.814. The van der Waals surface area contributed by atoms with E-state index in [1.54, 1.807) is 36.4 Å². The van der Waals surface area contributed by atoms with Gasteiger partial charge in [-0.05, 0) is 25.5 Å². The Kier molecular flexibility index (Phi) is 5.19. The third kappa shape index (κ3) is 4.23. The van der Waals surface area contributed by atoms with Crippen LogP contribution in [0.5, 0.6) is 5.75 Å². The number of fused-ring (bicyclic) bond motifs is 1. The van der Waals surface area contributed by atoms with Gasteiger partial charge in [0.05, 0.1) is 5.69 Å². The first-order chi connectivity index (χ1) is 11.0. The number of phenolic OH excluding ortho intramolecular Hbond substituents is 1. The van der Waals surface area contributed by atoms with Crippen molar-refractivity contribution < 1.29 is 19.8 Å². The number of carboxylic acids is 1. The molecule has 2 rings (SSSR count). The predicted octanol–water partition coefficient (Wildman–Crippen LogP) is 3.09. The molecule has 0 aliphatic rings. The van der Waals surface area contributed by atoms with E-state index >= 15 is 0 Å². The lowest BCUT2D eigenvalue weighted by molar-refractivity contribution is -0.132. The summed E-state index contributed by atoms with van der Waals surface area (Å²) in [6.07, 6.45) is 1.99. The number of aromatic hydroxyl groups is 1. The molecule has 0 heterocycles. The predicted molar refractivity (Wildman–Crippen MR) is 88.6 cm³/mol. The molecule has 2 aromatic carbocycles. The van der Waals surface area contributed by atoms with Crippen molar-refractivity contribution in [2.24, 2.45) is 0 Å². The Morgan fingerprint density at radius 3 is 2.57 bits per heavy atom. The largest absolute Gasteiger partial charge is 0.507 e. The van der Waals surface area contributed by atoms with Crippen molar-refractivity contribution in [3.05, 3.63) is 48.0 Å². The average molecular weight is 314 g/mol. The van der Waals surface area contributed by atoms with Crippen LogP contribution in [-0.2, 0) is 4.79 Å². The van der Waals surface area contributed by atoms with E-state index in [1.807, 2.05) is 6.07 Å². The van der Waals surface area contributed by atoms with Crippen molar-refractivity contribution in [2.45, 2.75) is 13.3 Å². The minimum atomic E-state index is -0.968. The van der Waals surface area contributed by atoms with Gasteiger partial charge >= 0.3 is 12.0 Å². The molecule has 6 nitrogen and oxygen atoms in total. The molecule has 2 amide bonds. The third-order valence-corrected chi connectivity index (χ3v) is 3.37. The molecular weight excluding hydrogens is 296 g/mol. The van der Waals surface area contributed by atoms with Crippen LogP contribution >= 0.6 is 0 Å².